The van der Waals surface area contributed by atoms with Gasteiger partial charge in [0.1, 0.15) is 34.7 Å². The lowest BCUT2D eigenvalue weighted by Gasteiger charge is -2.28. The quantitative estimate of drug-likeness (QED) is 0.0297. The fourth-order valence-electron chi connectivity index (χ4n) is 8.46. The number of aromatic hydroxyl groups is 1. The Morgan fingerprint density at radius 3 is 1.72 bits per heavy atom. The Morgan fingerprint density at radius 1 is 0.654 bits per heavy atom. The molecule has 22 heteroatoms. The van der Waals surface area contributed by atoms with E-state index in [0.29, 0.717) is 57.0 Å². The third-order valence-corrected chi connectivity index (χ3v) is 13.9. The van der Waals surface area contributed by atoms with Crippen LogP contribution in [0.3, 0.4) is 0 Å². The third-order valence-electron chi connectivity index (χ3n) is 12.9. The summed E-state index contributed by atoms with van der Waals surface area (Å²) >= 11 is 1.13. The molecule has 8 rings (SSSR count). The highest BCUT2D eigenvalue weighted by Crippen LogP contribution is 2.41. The molecule has 424 valence electrons. The van der Waals surface area contributed by atoms with Crippen molar-refractivity contribution in [1.82, 2.24) is 16.0 Å². The molecule has 3 aliphatic rings. The molecule has 3 heterocycles. The van der Waals surface area contributed by atoms with Crippen LogP contribution in [0.15, 0.2) is 146 Å². The van der Waals surface area contributed by atoms with Crippen LogP contribution < -0.4 is 40.3 Å². The number of aliphatic hydroxyl groups is 1. The van der Waals surface area contributed by atoms with Crippen molar-refractivity contribution in [3.05, 3.63) is 154 Å². The Hall–Kier alpha value is -8.70. The van der Waals surface area contributed by atoms with Gasteiger partial charge in [0.2, 0.25) is 0 Å². The molecule has 0 radical (unpaired) electrons. The van der Waals surface area contributed by atoms with Crippen LogP contribution >= 0.6 is 11.8 Å². The minimum Gasteiger partial charge on any atom is -0.506 e. The molecule has 0 bridgehead atoms. The van der Waals surface area contributed by atoms with Gasteiger partial charge in [-0.25, -0.2) is 19.4 Å². The average Bonchev–Trinajstić information content (AvgIpc) is 4.47. The molecule has 5 N–H and O–H groups in total. The van der Waals surface area contributed by atoms with Crippen LogP contribution in [0.4, 0.5) is 38.0 Å². The number of aliphatic hydroxyl groups excluding tert-OH is 1. The van der Waals surface area contributed by atoms with Crippen molar-refractivity contribution in [1.29, 1.82) is 0 Å². The molecule has 5 aromatic carbocycles. The molecule has 0 unspecified atom stereocenters. The zero-order chi connectivity index (χ0) is 57.3. The molecule has 0 aliphatic carbocycles. The number of amidine groups is 2. The summed E-state index contributed by atoms with van der Waals surface area (Å²) in [5.41, 5.74) is 5.31. The zero-order valence-electron chi connectivity index (χ0n) is 45.8. The lowest BCUT2D eigenvalue weighted by Crippen LogP contribution is -2.40. The number of anilines is 4. The van der Waals surface area contributed by atoms with E-state index in [-0.39, 0.29) is 99.9 Å². The summed E-state index contributed by atoms with van der Waals surface area (Å²) < 4.78 is 28.0. The summed E-state index contributed by atoms with van der Waals surface area (Å²) in [4.78, 5) is 74.4. The minimum atomic E-state index is -0.684. The summed E-state index contributed by atoms with van der Waals surface area (Å²) in [7, 11) is 6.56. The zero-order valence-corrected chi connectivity index (χ0v) is 46.7. The van der Waals surface area contributed by atoms with Crippen LogP contribution in [0.2, 0.25) is 0 Å². The van der Waals surface area contributed by atoms with Gasteiger partial charge in [-0.3, -0.25) is 34.4 Å². The molecule has 5 aromatic rings. The van der Waals surface area contributed by atoms with Crippen LogP contribution in [-0.4, -0.2) is 165 Å². The highest BCUT2D eigenvalue weighted by molar-refractivity contribution is 8.18. The SMILES string of the molecule is CCOC(=O)C1=C(O)/C(=C/c2ccc(O)c(OCCOCCOCCOCCNC(=O)c3cc(N(C)C(=O)N(C)c4ccc(C5=NCCN5)cc4)cc(N(C)C(=O)N(C)c4ccc(C5=NCCN5)cc4)c3)c2)SC1=Nc1ccccc1. The first-order chi connectivity index (χ1) is 39.3. The number of ether oxygens (including phenoxy) is 5. The molecule has 0 aromatic heterocycles. The highest BCUT2D eigenvalue weighted by atomic mass is 32.2. The van der Waals surface area contributed by atoms with Crippen molar-refractivity contribution in [3.63, 3.8) is 0 Å². The first kappa shape index (κ1) is 58.4. The molecule has 0 spiro atoms. The number of benzene rings is 5. The van der Waals surface area contributed by atoms with Crippen LogP contribution in [0.1, 0.15) is 34.0 Å². The number of thioether (sulfide) groups is 1. The van der Waals surface area contributed by atoms with Crippen LogP contribution in [0.5, 0.6) is 11.5 Å². The normalized spacial score (nSPS) is 14.7. The number of phenolic OH excluding ortho intramolecular Hbond substituents is 1. The number of nitrogens with zero attached hydrogens (tertiary/aromatic N) is 7. The standard InChI is InChI=1S/C59H66N10O11S/c1-6-79-57(73)51-52(71)50(81-56(51)65-43-10-8-7-9-11-43)35-39-12-21-48(70)49(34-39)80-33-32-78-31-30-77-29-28-76-27-26-64-55(72)42-36-46(68(4)58(74)66(2)44-17-13-40(14-18-44)53-60-22-23-61-53)38-47(37-42)69(5)59(75)67(3)45-19-15-41(16-20-45)54-62-24-25-63-54/h7-21,34-38,70-71H,6,22-33H2,1-5H3,(H,60,61)(H,62,63)(H,64,72)/b50-35-,65-56?. The van der Waals surface area contributed by atoms with Crippen molar-refractivity contribution in [2.75, 3.05) is 133 Å². The fourth-order valence-corrected chi connectivity index (χ4v) is 9.50. The summed E-state index contributed by atoms with van der Waals surface area (Å²) in [5.74, 6) is 0.373. The number of amides is 5. The number of urea groups is 2. The maximum Gasteiger partial charge on any atom is 0.344 e. The number of aliphatic imine (C=N–C) groups is 3. The van der Waals surface area contributed by atoms with Crippen LogP contribution in [0.25, 0.3) is 6.08 Å². The number of phenols is 1. The predicted octanol–water partition coefficient (Wildman–Crippen LogP) is 7.53. The molecule has 81 heavy (non-hydrogen) atoms. The molecule has 0 fully saturated rings. The Bertz CT molecular complexity index is 3100. The molecule has 21 nitrogen and oxygen atoms in total. The van der Waals surface area contributed by atoms with Crippen molar-refractivity contribution >= 4 is 86.9 Å². The second-order valence-corrected chi connectivity index (χ2v) is 19.5. The van der Waals surface area contributed by atoms with Gasteiger partial charge in [-0.2, -0.15) is 0 Å². The number of esters is 1. The second-order valence-electron chi connectivity index (χ2n) is 18.4. The minimum absolute atomic E-state index is 0.0234. The lowest BCUT2D eigenvalue weighted by molar-refractivity contribution is -0.138. The van der Waals surface area contributed by atoms with E-state index in [1.807, 2.05) is 66.7 Å². The van der Waals surface area contributed by atoms with Crippen LogP contribution in [0, 0.1) is 0 Å². The Balaban J connectivity index is 0.789. The number of para-hydroxylation sites is 1. The summed E-state index contributed by atoms with van der Waals surface area (Å²) in [6.45, 7) is 6.56. The van der Waals surface area contributed by atoms with E-state index in [1.165, 1.54) is 25.7 Å². The number of hydrogen-bond donors (Lipinski definition) is 5. The highest BCUT2D eigenvalue weighted by Gasteiger charge is 2.33. The third kappa shape index (κ3) is 15.4. The average molecular weight is 1120 g/mol. The number of hydrogen-bond acceptors (Lipinski definition) is 17. The molecule has 5 amide bonds. The van der Waals surface area contributed by atoms with Gasteiger partial charge in [-0.05, 0) is 110 Å². The topological polar surface area (TPSA) is 241 Å². The maximum atomic E-state index is 14.0. The Labute approximate surface area is 474 Å². The maximum absolute atomic E-state index is 14.0. The lowest BCUT2D eigenvalue weighted by atomic mass is 10.1. The Kier molecular flexibility index (Phi) is 20.5. The van der Waals surface area contributed by atoms with E-state index in [0.717, 1.165) is 47.6 Å². The first-order valence-corrected chi connectivity index (χ1v) is 27.2. The molecular formula is C59H66N10O11S. The van der Waals surface area contributed by atoms with Gasteiger partial charge in [0.25, 0.3) is 5.91 Å². The number of carbonyl (C=O) groups is 4. The monoisotopic (exact) mass is 1120 g/mol. The van der Waals surface area contributed by atoms with E-state index in [4.69, 9.17) is 23.7 Å². The van der Waals surface area contributed by atoms with Gasteiger partial charge in [0.15, 0.2) is 11.5 Å². The van der Waals surface area contributed by atoms with E-state index in [2.05, 4.69) is 30.9 Å². The Morgan fingerprint density at radius 2 is 1.19 bits per heavy atom. The van der Waals surface area contributed by atoms with Gasteiger partial charge in [0.05, 0.1) is 69.9 Å². The second kappa shape index (κ2) is 28.4. The summed E-state index contributed by atoms with van der Waals surface area (Å²) in [6, 6.07) is 33.0. The molecular weight excluding hydrogens is 1060 g/mol. The van der Waals surface area contributed by atoms with Crippen molar-refractivity contribution in [3.8, 4) is 11.5 Å². The van der Waals surface area contributed by atoms with Crippen molar-refractivity contribution in [2.24, 2.45) is 15.0 Å². The van der Waals surface area contributed by atoms with E-state index >= 15 is 0 Å². The predicted molar refractivity (Wildman–Crippen MR) is 316 cm³/mol. The number of rotatable bonds is 24. The van der Waals surface area contributed by atoms with E-state index < -0.39 is 11.9 Å². The fraction of sp³-hybridized carbons (Fsp3) is 0.305. The van der Waals surface area contributed by atoms with E-state index in [1.54, 1.807) is 83.7 Å². The van der Waals surface area contributed by atoms with E-state index in [9.17, 15) is 29.4 Å². The van der Waals surface area contributed by atoms with Gasteiger partial charge in [0, 0.05) is 87.3 Å². The van der Waals surface area contributed by atoms with Crippen LogP contribution in [-0.2, 0) is 23.7 Å². The first-order valence-electron chi connectivity index (χ1n) is 26.4. The van der Waals surface area contributed by atoms with Gasteiger partial charge in [-0.1, -0.05) is 36.0 Å². The smallest absolute Gasteiger partial charge is 0.344 e. The van der Waals surface area contributed by atoms with Gasteiger partial charge >= 0.3 is 18.0 Å². The number of carbonyl (C=O) groups excluding carboxylic acids is 4. The number of nitrogens with one attached hydrogen (secondary N) is 3. The van der Waals surface area contributed by atoms with Gasteiger partial charge < -0.3 is 49.8 Å². The molecule has 0 saturated carbocycles. The summed E-state index contributed by atoms with van der Waals surface area (Å²) in [5, 5.41) is 31.3. The molecule has 0 saturated heterocycles. The largest absolute Gasteiger partial charge is 0.506 e. The molecule has 0 atom stereocenters. The van der Waals surface area contributed by atoms with Crippen molar-refractivity contribution < 1.29 is 53.1 Å². The molecule has 3 aliphatic heterocycles. The van der Waals surface area contributed by atoms with Crippen molar-refractivity contribution in [2.45, 2.75) is 6.92 Å². The summed E-state index contributed by atoms with van der Waals surface area (Å²) in [6.07, 6.45) is 1.66. The van der Waals surface area contributed by atoms with Gasteiger partial charge in [-0.15, -0.1) is 0 Å².